The average Bonchev–Trinajstić information content (AvgIpc) is 2.60. The zero-order valence-corrected chi connectivity index (χ0v) is 16.7. The number of pyridine rings is 1. The molecule has 1 aliphatic rings. The summed E-state index contributed by atoms with van der Waals surface area (Å²) in [4.78, 5) is 26.9. The lowest BCUT2D eigenvalue weighted by Gasteiger charge is -2.36. The maximum atomic E-state index is 12.3. The summed E-state index contributed by atoms with van der Waals surface area (Å²) in [6.07, 6.45) is 2.66. The largest absolute Gasteiger partial charge is 0.444 e. The van der Waals surface area contributed by atoms with Crippen molar-refractivity contribution in [1.29, 1.82) is 0 Å². The summed E-state index contributed by atoms with van der Waals surface area (Å²) in [5, 5.41) is 3.63. The molecule has 9 heteroatoms. The van der Waals surface area contributed by atoms with Gasteiger partial charge in [-0.15, -0.1) is 0 Å². The molecule has 146 valence electrons. The van der Waals surface area contributed by atoms with Crippen molar-refractivity contribution >= 4 is 34.5 Å². The van der Waals surface area contributed by atoms with Crippen LogP contribution in [0, 0.1) is 0 Å². The van der Waals surface area contributed by atoms with E-state index in [1.165, 1.54) is 0 Å². The van der Waals surface area contributed by atoms with Gasteiger partial charge in [0, 0.05) is 25.0 Å². The first-order valence-corrected chi connectivity index (χ1v) is 9.24. The smallest absolute Gasteiger partial charge is 0.410 e. The van der Waals surface area contributed by atoms with Crippen molar-refractivity contribution in [3.8, 4) is 0 Å². The van der Waals surface area contributed by atoms with E-state index in [1.807, 2.05) is 27.7 Å². The second kappa shape index (κ2) is 7.82. The summed E-state index contributed by atoms with van der Waals surface area (Å²) in [7, 11) is 0. The lowest BCUT2D eigenvalue weighted by Crippen LogP contribution is -2.52. The number of nitrogens with zero attached hydrogens (tertiary/aromatic N) is 4. The van der Waals surface area contributed by atoms with Crippen molar-refractivity contribution in [2.75, 3.05) is 25.0 Å². The number of fused-ring (bicyclic) bond motifs is 1. The Morgan fingerprint density at radius 1 is 1.41 bits per heavy atom. The van der Waals surface area contributed by atoms with E-state index in [2.05, 4.69) is 20.3 Å². The minimum Gasteiger partial charge on any atom is -0.444 e. The molecular formula is C18H24ClN5O3. The zero-order chi connectivity index (χ0) is 19.6. The highest BCUT2D eigenvalue weighted by Crippen LogP contribution is 2.23. The van der Waals surface area contributed by atoms with E-state index < -0.39 is 5.60 Å². The molecule has 8 nitrogen and oxygen atoms in total. The Labute approximate surface area is 163 Å². The van der Waals surface area contributed by atoms with E-state index in [0.29, 0.717) is 41.7 Å². The van der Waals surface area contributed by atoms with Crippen LogP contribution in [0.3, 0.4) is 0 Å². The van der Waals surface area contributed by atoms with Gasteiger partial charge in [0.2, 0.25) is 0 Å². The average molecular weight is 394 g/mol. The number of morpholine rings is 1. The number of carbonyl (C=O) groups excluding carboxylic acids is 1. The lowest BCUT2D eigenvalue weighted by molar-refractivity contribution is -0.0462. The van der Waals surface area contributed by atoms with Gasteiger partial charge in [-0.25, -0.2) is 14.8 Å². The fraction of sp³-hybridized carbons (Fsp3) is 0.556. The third kappa shape index (κ3) is 4.95. The van der Waals surface area contributed by atoms with Gasteiger partial charge in [-0.2, -0.15) is 0 Å². The molecule has 2 unspecified atom stereocenters. The van der Waals surface area contributed by atoms with Gasteiger partial charge in [-0.3, -0.25) is 4.98 Å². The summed E-state index contributed by atoms with van der Waals surface area (Å²) in [6.45, 7) is 8.89. The Hall–Kier alpha value is -2.19. The van der Waals surface area contributed by atoms with Gasteiger partial charge >= 0.3 is 6.09 Å². The predicted molar refractivity (Wildman–Crippen MR) is 103 cm³/mol. The van der Waals surface area contributed by atoms with E-state index in [4.69, 9.17) is 21.1 Å². The fourth-order valence-corrected chi connectivity index (χ4v) is 3.01. The predicted octanol–water partition coefficient (Wildman–Crippen LogP) is 3.11. The van der Waals surface area contributed by atoms with Crippen LogP contribution < -0.4 is 5.32 Å². The minimum absolute atomic E-state index is 0.133. The van der Waals surface area contributed by atoms with Crippen LogP contribution in [-0.4, -0.2) is 63.4 Å². The van der Waals surface area contributed by atoms with Crippen molar-refractivity contribution < 1.29 is 14.3 Å². The van der Waals surface area contributed by atoms with Crippen LogP contribution in [0.25, 0.3) is 11.0 Å². The van der Waals surface area contributed by atoms with Gasteiger partial charge in [-0.05, 0) is 27.7 Å². The van der Waals surface area contributed by atoms with Crippen LogP contribution >= 0.6 is 11.6 Å². The number of ether oxygens (including phenoxy) is 2. The molecule has 2 aromatic heterocycles. The summed E-state index contributed by atoms with van der Waals surface area (Å²) >= 11 is 6.10. The van der Waals surface area contributed by atoms with Gasteiger partial charge in [0.25, 0.3) is 0 Å². The van der Waals surface area contributed by atoms with Crippen molar-refractivity contribution in [3.63, 3.8) is 0 Å². The van der Waals surface area contributed by atoms with Crippen LogP contribution in [0.15, 0.2) is 18.5 Å². The second-order valence-corrected chi connectivity index (χ2v) is 7.87. The summed E-state index contributed by atoms with van der Waals surface area (Å²) in [5.41, 5.74) is 0.762. The second-order valence-electron chi connectivity index (χ2n) is 7.49. The molecule has 1 fully saturated rings. The quantitative estimate of drug-likeness (QED) is 0.801. The van der Waals surface area contributed by atoms with Crippen molar-refractivity contribution in [1.82, 2.24) is 19.9 Å². The third-order valence-electron chi connectivity index (χ3n) is 4.09. The summed E-state index contributed by atoms with van der Waals surface area (Å²) in [6, 6.07) is 1.53. The molecule has 1 N–H and O–H groups in total. The standard InChI is InChI=1S/C18H24ClN5O3/c1-11(13-10-24(7-8-26-13)17(25)27-18(2,3)4)22-16-15-12(9-14(19)23-16)20-5-6-21-15/h5-6,9,11,13H,7-8,10H2,1-4H3,(H,22,23). The van der Waals surface area contributed by atoms with Crippen LogP contribution in [0.5, 0.6) is 0 Å². The molecule has 0 aliphatic carbocycles. The van der Waals surface area contributed by atoms with E-state index in [1.54, 1.807) is 23.4 Å². The van der Waals surface area contributed by atoms with Crippen LogP contribution in [-0.2, 0) is 9.47 Å². The molecule has 0 radical (unpaired) electrons. The number of carbonyl (C=O) groups is 1. The first kappa shape index (κ1) is 19.6. The zero-order valence-electron chi connectivity index (χ0n) is 15.9. The fourth-order valence-electron chi connectivity index (χ4n) is 2.82. The minimum atomic E-state index is -0.531. The number of hydrogen-bond donors (Lipinski definition) is 1. The van der Waals surface area contributed by atoms with E-state index in [-0.39, 0.29) is 18.2 Å². The number of halogens is 1. The Bertz CT molecular complexity index is 826. The normalized spacial score (nSPS) is 19.0. The van der Waals surface area contributed by atoms with E-state index in [0.717, 1.165) is 0 Å². The molecule has 1 amide bonds. The molecule has 1 aliphatic heterocycles. The topological polar surface area (TPSA) is 89.5 Å². The summed E-state index contributed by atoms with van der Waals surface area (Å²) in [5.74, 6) is 0.538. The number of hydrogen-bond acceptors (Lipinski definition) is 7. The Balaban J connectivity index is 1.71. The van der Waals surface area contributed by atoms with Crippen molar-refractivity contribution in [3.05, 3.63) is 23.6 Å². The Kier molecular flexibility index (Phi) is 5.67. The highest BCUT2D eigenvalue weighted by Gasteiger charge is 2.31. The molecule has 0 saturated carbocycles. The maximum absolute atomic E-state index is 12.3. The lowest BCUT2D eigenvalue weighted by atomic mass is 10.1. The summed E-state index contributed by atoms with van der Waals surface area (Å²) < 4.78 is 11.3. The van der Waals surface area contributed by atoms with Gasteiger partial charge < -0.3 is 19.7 Å². The molecule has 2 atom stereocenters. The van der Waals surface area contributed by atoms with Gasteiger partial charge in [-0.1, -0.05) is 11.6 Å². The monoisotopic (exact) mass is 393 g/mol. The van der Waals surface area contributed by atoms with Gasteiger partial charge in [0.15, 0.2) is 5.82 Å². The molecule has 0 bridgehead atoms. The van der Waals surface area contributed by atoms with Gasteiger partial charge in [0.1, 0.15) is 16.3 Å². The first-order chi connectivity index (χ1) is 12.7. The molecule has 1 saturated heterocycles. The van der Waals surface area contributed by atoms with Crippen LogP contribution in [0.2, 0.25) is 5.15 Å². The third-order valence-corrected chi connectivity index (χ3v) is 4.29. The van der Waals surface area contributed by atoms with Gasteiger partial charge in [0.05, 0.1) is 30.8 Å². The highest BCUT2D eigenvalue weighted by molar-refractivity contribution is 6.30. The van der Waals surface area contributed by atoms with Crippen molar-refractivity contribution in [2.24, 2.45) is 0 Å². The first-order valence-electron chi connectivity index (χ1n) is 8.86. The Morgan fingerprint density at radius 2 is 2.15 bits per heavy atom. The molecule has 27 heavy (non-hydrogen) atoms. The number of nitrogens with one attached hydrogen (secondary N) is 1. The van der Waals surface area contributed by atoms with Crippen LogP contribution in [0.4, 0.5) is 10.6 Å². The molecule has 2 aromatic rings. The number of anilines is 1. The number of rotatable bonds is 3. The molecule has 0 aromatic carbocycles. The van der Waals surface area contributed by atoms with E-state index >= 15 is 0 Å². The molecule has 3 heterocycles. The Morgan fingerprint density at radius 3 is 2.89 bits per heavy atom. The van der Waals surface area contributed by atoms with E-state index in [9.17, 15) is 4.79 Å². The number of aromatic nitrogens is 3. The van der Waals surface area contributed by atoms with Crippen LogP contribution in [0.1, 0.15) is 27.7 Å². The maximum Gasteiger partial charge on any atom is 0.410 e. The SMILES string of the molecule is CC(Nc1nc(Cl)cc2nccnc12)C1CN(C(=O)OC(C)(C)C)CCO1. The molecule has 0 spiro atoms. The number of amides is 1. The van der Waals surface area contributed by atoms with Crippen molar-refractivity contribution in [2.45, 2.75) is 45.4 Å². The molecular weight excluding hydrogens is 370 g/mol. The molecule has 3 rings (SSSR count). The highest BCUT2D eigenvalue weighted by atomic mass is 35.5.